The molecule has 0 heterocycles. The van der Waals surface area contributed by atoms with E-state index in [1.54, 1.807) is 13.0 Å². The summed E-state index contributed by atoms with van der Waals surface area (Å²) in [5, 5.41) is 3.40. The van der Waals surface area contributed by atoms with Crippen molar-refractivity contribution in [2.45, 2.75) is 26.4 Å². The monoisotopic (exact) mass is 321 g/mol. The molecule has 1 N–H and O–H groups in total. The summed E-state index contributed by atoms with van der Waals surface area (Å²) in [6.45, 7) is 4.54. The first-order valence-electron chi connectivity index (χ1n) is 6.30. The smallest absolute Gasteiger partial charge is 0.126 e. The third-order valence-electron chi connectivity index (χ3n) is 3.22. The van der Waals surface area contributed by atoms with Crippen molar-refractivity contribution < 1.29 is 4.39 Å². The second-order valence-electron chi connectivity index (χ2n) is 4.74. The maximum Gasteiger partial charge on any atom is 0.126 e. The number of nitrogens with one attached hydrogen (secondary N) is 1. The van der Waals surface area contributed by atoms with Crippen LogP contribution in [0.1, 0.15) is 29.7 Å². The molecule has 2 aromatic rings. The molecule has 0 fully saturated rings. The molecule has 0 aliphatic rings. The zero-order valence-electron chi connectivity index (χ0n) is 11.1. The number of halogens is 2. The number of rotatable bonds is 4. The first-order valence-corrected chi connectivity index (χ1v) is 7.09. The van der Waals surface area contributed by atoms with Crippen molar-refractivity contribution in [3.63, 3.8) is 0 Å². The molecule has 19 heavy (non-hydrogen) atoms. The van der Waals surface area contributed by atoms with Crippen LogP contribution in [0.4, 0.5) is 4.39 Å². The van der Waals surface area contributed by atoms with Gasteiger partial charge in [-0.2, -0.15) is 0 Å². The van der Waals surface area contributed by atoms with Gasteiger partial charge < -0.3 is 5.32 Å². The molecule has 0 aromatic heterocycles. The average Bonchev–Trinajstić information content (AvgIpc) is 2.40. The molecule has 0 aliphatic carbocycles. The molecular weight excluding hydrogens is 305 g/mol. The lowest BCUT2D eigenvalue weighted by atomic mass is 10.1. The second kappa shape index (κ2) is 6.31. The third kappa shape index (κ3) is 3.88. The molecule has 0 bridgehead atoms. The molecule has 0 radical (unpaired) electrons. The average molecular weight is 322 g/mol. The highest BCUT2D eigenvalue weighted by Gasteiger charge is 2.05. The van der Waals surface area contributed by atoms with Crippen molar-refractivity contribution in [2.24, 2.45) is 0 Å². The zero-order valence-corrected chi connectivity index (χ0v) is 12.7. The van der Waals surface area contributed by atoms with Gasteiger partial charge in [-0.3, -0.25) is 0 Å². The van der Waals surface area contributed by atoms with Gasteiger partial charge in [-0.15, -0.1) is 0 Å². The summed E-state index contributed by atoms with van der Waals surface area (Å²) in [7, 11) is 0. The van der Waals surface area contributed by atoms with Gasteiger partial charge in [0, 0.05) is 17.1 Å². The van der Waals surface area contributed by atoms with E-state index in [-0.39, 0.29) is 11.9 Å². The van der Waals surface area contributed by atoms with E-state index in [1.165, 1.54) is 5.56 Å². The van der Waals surface area contributed by atoms with Crippen molar-refractivity contribution in [1.29, 1.82) is 0 Å². The fraction of sp³-hybridized carbons (Fsp3) is 0.250. The van der Waals surface area contributed by atoms with Gasteiger partial charge in [0.1, 0.15) is 5.82 Å². The van der Waals surface area contributed by atoms with E-state index in [0.29, 0.717) is 12.1 Å². The summed E-state index contributed by atoms with van der Waals surface area (Å²) in [5.41, 5.74) is 2.87. The Bertz CT molecular complexity index is 551. The van der Waals surface area contributed by atoms with Gasteiger partial charge in [0.05, 0.1) is 0 Å². The van der Waals surface area contributed by atoms with Gasteiger partial charge in [-0.05, 0) is 48.7 Å². The Hall–Kier alpha value is -1.19. The van der Waals surface area contributed by atoms with Gasteiger partial charge in [-0.25, -0.2) is 4.39 Å². The maximum absolute atomic E-state index is 13.4. The summed E-state index contributed by atoms with van der Waals surface area (Å²) in [5.74, 6) is -0.143. The molecular formula is C16H17BrFN. The first kappa shape index (κ1) is 14.2. The predicted molar refractivity (Wildman–Crippen MR) is 80.5 cm³/mol. The highest BCUT2D eigenvalue weighted by atomic mass is 79.9. The summed E-state index contributed by atoms with van der Waals surface area (Å²) in [6.07, 6.45) is 0. The van der Waals surface area contributed by atoms with Crippen LogP contribution in [0.15, 0.2) is 46.9 Å². The molecule has 0 amide bonds. The minimum atomic E-state index is -0.143. The maximum atomic E-state index is 13.4. The van der Waals surface area contributed by atoms with Crippen molar-refractivity contribution in [1.82, 2.24) is 5.32 Å². The van der Waals surface area contributed by atoms with Gasteiger partial charge >= 0.3 is 0 Å². The minimum Gasteiger partial charge on any atom is -0.306 e. The first-order chi connectivity index (χ1) is 9.06. The van der Waals surface area contributed by atoms with Crippen molar-refractivity contribution in [3.05, 3.63) is 69.4 Å². The van der Waals surface area contributed by atoms with Gasteiger partial charge in [0.25, 0.3) is 0 Å². The van der Waals surface area contributed by atoms with E-state index in [9.17, 15) is 4.39 Å². The van der Waals surface area contributed by atoms with Crippen molar-refractivity contribution in [3.8, 4) is 0 Å². The Kier molecular flexibility index (Phi) is 4.72. The third-order valence-corrected chi connectivity index (χ3v) is 3.75. The molecule has 1 unspecified atom stereocenters. The Labute approximate surface area is 122 Å². The van der Waals surface area contributed by atoms with E-state index < -0.39 is 0 Å². The van der Waals surface area contributed by atoms with Gasteiger partial charge in [-0.1, -0.05) is 40.2 Å². The Balaban J connectivity index is 1.98. The summed E-state index contributed by atoms with van der Waals surface area (Å²) in [4.78, 5) is 0. The van der Waals surface area contributed by atoms with Crippen LogP contribution < -0.4 is 5.32 Å². The van der Waals surface area contributed by atoms with Crippen LogP contribution >= 0.6 is 15.9 Å². The van der Waals surface area contributed by atoms with E-state index >= 15 is 0 Å². The van der Waals surface area contributed by atoms with Crippen molar-refractivity contribution in [2.75, 3.05) is 0 Å². The fourth-order valence-corrected chi connectivity index (χ4v) is 2.15. The molecule has 0 saturated heterocycles. The van der Waals surface area contributed by atoms with Crippen LogP contribution in [0.3, 0.4) is 0 Å². The van der Waals surface area contributed by atoms with Gasteiger partial charge in [0.15, 0.2) is 0 Å². The van der Waals surface area contributed by atoms with E-state index in [4.69, 9.17) is 0 Å². The number of hydrogen-bond donors (Lipinski definition) is 1. The summed E-state index contributed by atoms with van der Waals surface area (Å²) < 4.78 is 14.5. The lowest BCUT2D eigenvalue weighted by molar-refractivity contribution is 0.568. The predicted octanol–water partition coefficient (Wildman–Crippen LogP) is 4.75. The molecule has 0 saturated carbocycles. The van der Waals surface area contributed by atoms with Crippen LogP contribution in [-0.2, 0) is 6.54 Å². The second-order valence-corrected chi connectivity index (χ2v) is 5.65. The molecule has 3 heteroatoms. The molecule has 2 rings (SSSR count). The molecule has 0 spiro atoms. The van der Waals surface area contributed by atoms with Crippen LogP contribution in [-0.4, -0.2) is 0 Å². The molecule has 100 valence electrons. The summed E-state index contributed by atoms with van der Waals surface area (Å²) >= 11 is 3.42. The lowest BCUT2D eigenvalue weighted by Crippen LogP contribution is -2.18. The topological polar surface area (TPSA) is 12.0 Å². The van der Waals surface area contributed by atoms with Crippen LogP contribution in [0.5, 0.6) is 0 Å². The highest BCUT2D eigenvalue weighted by Crippen LogP contribution is 2.17. The Morgan fingerprint density at radius 1 is 1.16 bits per heavy atom. The molecule has 0 aliphatic heterocycles. The highest BCUT2D eigenvalue weighted by molar-refractivity contribution is 9.10. The van der Waals surface area contributed by atoms with E-state index in [2.05, 4.69) is 40.3 Å². The minimum absolute atomic E-state index is 0.143. The number of benzene rings is 2. The largest absolute Gasteiger partial charge is 0.306 e. The van der Waals surface area contributed by atoms with Crippen molar-refractivity contribution >= 4 is 15.9 Å². The standard InChI is InChI=1S/C16H17BrFN/c1-11-3-4-13(9-16(11)18)10-19-12(2)14-5-7-15(17)8-6-14/h3-9,12,19H,10H2,1-2H3. The summed E-state index contributed by atoms with van der Waals surface area (Å²) in [6, 6.07) is 13.8. The van der Waals surface area contributed by atoms with Gasteiger partial charge in [0.2, 0.25) is 0 Å². The normalized spacial score (nSPS) is 12.4. The lowest BCUT2D eigenvalue weighted by Gasteiger charge is -2.14. The van der Waals surface area contributed by atoms with Crippen LogP contribution in [0.25, 0.3) is 0 Å². The fourth-order valence-electron chi connectivity index (χ4n) is 1.89. The zero-order chi connectivity index (χ0) is 13.8. The van der Waals surface area contributed by atoms with Crippen LogP contribution in [0, 0.1) is 12.7 Å². The van der Waals surface area contributed by atoms with Crippen LogP contribution in [0.2, 0.25) is 0 Å². The molecule has 1 nitrogen and oxygen atoms in total. The quantitative estimate of drug-likeness (QED) is 0.857. The molecule has 1 atom stereocenters. The van der Waals surface area contributed by atoms with E-state index in [1.807, 2.05) is 24.3 Å². The molecule has 2 aromatic carbocycles. The number of hydrogen-bond acceptors (Lipinski definition) is 1. The SMILES string of the molecule is Cc1ccc(CNC(C)c2ccc(Br)cc2)cc1F. The number of aryl methyl sites for hydroxylation is 1. The Morgan fingerprint density at radius 3 is 2.47 bits per heavy atom. The Morgan fingerprint density at radius 2 is 1.84 bits per heavy atom. The van der Waals surface area contributed by atoms with E-state index in [0.717, 1.165) is 10.0 Å².